The molecule has 1 N–H and O–H groups in total. The van der Waals surface area contributed by atoms with Gasteiger partial charge in [-0.15, -0.1) is 0 Å². The molecule has 0 atom stereocenters. The van der Waals surface area contributed by atoms with Gasteiger partial charge in [-0.3, -0.25) is 4.90 Å². The molecule has 0 unspecified atom stereocenters. The van der Waals surface area contributed by atoms with Crippen molar-refractivity contribution < 1.29 is 9.90 Å². The van der Waals surface area contributed by atoms with Crippen LogP contribution in [-0.4, -0.2) is 54.1 Å². The number of aromatic carboxylic acids is 1. The number of nitrogens with zero attached hydrogens (tertiary/aromatic N) is 2. The van der Waals surface area contributed by atoms with E-state index in [0.29, 0.717) is 5.56 Å². The molecular weight excluding hydrogens is 228 g/mol. The molecule has 0 bridgehead atoms. The molecule has 0 saturated carbocycles. The normalized spacial score (nSPS) is 17.9. The third-order valence-corrected chi connectivity index (χ3v) is 3.58. The van der Waals surface area contributed by atoms with Gasteiger partial charge in [0, 0.05) is 32.7 Å². The molecule has 0 aromatic heterocycles. The van der Waals surface area contributed by atoms with E-state index in [4.69, 9.17) is 5.11 Å². The highest BCUT2D eigenvalue weighted by atomic mass is 16.4. The standard InChI is InChI=1S/C14H20N2O2/c1-11-9-12(14(17)18)3-4-13(11)10-16-7-5-15(2)6-8-16/h3-4,9H,5-8,10H2,1-2H3,(H,17,18). The maximum atomic E-state index is 10.9. The maximum absolute atomic E-state index is 10.9. The van der Waals surface area contributed by atoms with Crippen LogP contribution in [0.15, 0.2) is 18.2 Å². The highest BCUT2D eigenvalue weighted by molar-refractivity contribution is 5.87. The van der Waals surface area contributed by atoms with E-state index in [9.17, 15) is 4.79 Å². The van der Waals surface area contributed by atoms with Gasteiger partial charge in [0.05, 0.1) is 5.56 Å². The van der Waals surface area contributed by atoms with E-state index in [-0.39, 0.29) is 0 Å². The Morgan fingerprint density at radius 3 is 2.50 bits per heavy atom. The molecule has 1 aliphatic rings. The fraction of sp³-hybridized carbons (Fsp3) is 0.500. The zero-order valence-electron chi connectivity index (χ0n) is 11.0. The van der Waals surface area contributed by atoms with Crippen LogP contribution in [-0.2, 0) is 6.54 Å². The molecule has 1 aliphatic heterocycles. The number of carboxylic acids is 1. The van der Waals surface area contributed by atoms with Crippen LogP contribution in [0.4, 0.5) is 0 Å². The average molecular weight is 248 g/mol. The Kier molecular flexibility index (Phi) is 3.99. The van der Waals surface area contributed by atoms with Crippen molar-refractivity contribution in [2.45, 2.75) is 13.5 Å². The molecule has 1 heterocycles. The third kappa shape index (κ3) is 3.09. The molecule has 1 aromatic carbocycles. The van der Waals surface area contributed by atoms with Crippen molar-refractivity contribution in [3.8, 4) is 0 Å². The molecule has 4 heteroatoms. The third-order valence-electron chi connectivity index (χ3n) is 3.58. The molecule has 4 nitrogen and oxygen atoms in total. The van der Waals surface area contributed by atoms with E-state index < -0.39 is 5.97 Å². The summed E-state index contributed by atoms with van der Waals surface area (Å²) in [5, 5.41) is 8.93. The minimum Gasteiger partial charge on any atom is -0.478 e. The number of likely N-dealkylation sites (N-methyl/N-ethyl adjacent to an activating group) is 1. The quantitative estimate of drug-likeness (QED) is 0.879. The lowest BCUT2D eigenvalue weighted by Gasteiger charge is -2.32. The van der Waals surface area contributed by atoms with E-state index >= 15 is 0 Å². The first kappa shape index (κ1) is 13.1. The lowest BCUT2D eigenvalue weighted by molar-refractivity contribution is 0.0696. The lowest BCUT2D eigenvalue weighted by atomic mass is 10.0. The summed E-state index contributed by atoms with van der Waals surface area (Å²) in [6.07, 6.45) is 0. The van der Waals surface area contributed by atoms with E-state index in [0.717, 1.165) is 38.3 Å². The molecule has 1 aromatic rings. The summed E-state index contributed by atoms with van der Waals surface area (Å²) in [4.78, 5) is 15.6. The summed E-state index contributed by atoms with van der Waals surface area (Å²) < 4.78 is 0. The fourth-order valence-electron chi connectivity index (χ4n) is 2.25. The van der Waals surface area contributed by atoms with Crippen LogP contribution in [0.5, 0.6) is 0 Å². The first-order valence-corrected chi connectivity index (χ1v) is 6.30. The molecule has 0 radical (unpaired) electrons. The minimum absolute atomic E-state index is 0.370. The Morgan fingerprint density at radius 2 is 1.94 bits per heavy atom. The van der Waals surface area contributed by atoms with Crippen LogP contribution < -0.4 is 0 Å². The summed E-state index contributed by atoms with van der Waals surface area (Å²) in [5.74, 6) is -0.857. The Hall–Kier alpha value is -1.39. The largest absolute Gasteiger partial charge is 0.478 e. The Labute approximate surface area is 108 Å². The SMILES string of the molecule is Cc1cc(C(=O)O)ccc1CN1CCN(C)CC1. The van der Waals surface area contributed by atoms with E-state index in [1.165, 1.54) is 5.56 Å². The molecule has 0 amide bonds. The molecule has 2 rings (SSSR count). The van der Waals surface area contributed by atoms with Gasteiger partial charge in [0.25, 0.3) is 0 Å². The van der Waals surface area contributed by atoms with Gasteiger partial charge in [-0.25, -0.2) is 4.79 Å². The monoisotopic (exact) mass is 248 g/mol. The minimum atomic E-state index is -0.857. The Bertz CT molecular complexity index is 437. The van der Waals surface area contributed by atoms with Crippen molar-refractivity contribution in [1.29, 1.82) is 0 Å². The van der Waals surface area contributed by atoms with Crippen molar-refractivity contribution in [3.05, 3.63) is 34.9 Å². The Morgan fingerprint density at radius 1 is 1.28 bits per heavy atom. The van der Waals surface area contributed by atoms with Crippen LogP contribution in [0.25, 0.3) is 0 Å². The van der Waals surface area contributed by atoms with Crippen LogP contribution in [0.1, 0.15) is 21.5 Å². The van der Waals surface area contributed by atoms with E-state index in [1.54, 1.807) is 12.1 Å². The predicted octanol–water partition coefficient (Wildman–Crippen LogP) is 1.44. The number of carboxylic acid groups (broad SMARTS) is 1. The molecule has 1 saturated heterocycles. The molecule has 18 heavy (non-hydrogen) atoms. The first-order chi connectivity index (χ1) is 8.56. The number of rotatable bonds is 3. The maximum Gasteiger partial charge on any atom is 0.335 e. The number of aryl methyl sites for hydroxylation is 1. The number of hydrogen-bond acceptors (Lipinski definition) is 3. The number of hydrogen-bond donors (Lipinski definition) is 1. The first-order valence-electron chi connectivity index (χ1n) is 6.30. The van der Waals surface area contributed by atoms with Gasteiger partial charge in [-0.1, -0.05) is 6.07 Å². The van der Waals surface area contributed by atoms with Gasteiger partial charge < -0.3 is 10.0 Å². The van der Waals surface area contributed by atoms with Crippen molar-refractivity contribution >= 4 is 5.97 Å². The summed E-state index contributed by atoms with van der Waals surface area (Å²) in [6.45, 7) is 7.27. The second kappa shape index (κ2) is 5.50. The van der Waals surface area contributed by atoms with Gasteiger partial charge in [0.2, 0.25) is 0 Å². The number of benzene rings is 1. The summed E-state index contributed by atoms with van der Waals surface area (Å²) in [7, 11) is 2.14. The van der Waals surface area contributed by atoms with E-state index in [1.807, 2.05) is 13.0 Å². The lowest BCUT2D eigenvalue weighted by Crippen LogP contribution is -2.43. The van der Waals surface area contributed by atoms with Crippen molar-refractivity contribution in [3.63, 3.8) is 0 Å². The second-order valence-electron chi connectivity index (χ2n) is 5.03. The van der Waals surface area contributed by atoms with Crippen LogP contribution in [0, 0.1) is 6.92 Å². The number of carbonyl (C=O) groups is 1. The van der Waals surface area contributed by atoms with E-state index in [2.05, 4.69) is 16.8 Å². The summed E-state index contributed by atoms with van der Waals surface area (Å²) in [5.41, 5.74) is 2.66. The predicted molar refractivity (Wildman–Crippen MR) is 70.9 cm³/mol. The molecule has 0 spiro atoms. The zero-order valence-corrected chi connectivity index (χ0v) is 11.0. The molecule has 0 aliphatic carbocycles. The smallest absolute Gasteiger partial charge is 0.335 e. The zero-order chi connectivity index (χ0) is 13.1. The van der Waals surface area contributed by atoms with Crippen molar-refractivity contribution in [1.82, 2.24) is 9.80 Å². The van der Waals surface area contributed by atoms with Crippen molar-refractivity contribution in [2.75, 3.05) is 33.2 Å². The summed E-state index contributed by atoms with van der Waals surface area (Å²) in [6, 6.07) is 5.39. The van der Waals surface area contributed by atoms with Gasteiger partial charge in [0.15, 0.2) is 0 Å². The topological polar surface area (TPSA) is 43.8 Å². The van der Waals surface area contributed by atoms with Crippen LogP contribution in [0.3, 0.4) is 0 Å². The molecular formula is C14H20N2O2. The average Bonchev–Trinajstić information content (AvgIpc) is 2.34. The highest BCUT2D eigenvalue weighted by Gasteiger charge is 2.15. The fourth-order valence-corrected chi connectivity index (χ4v) is 2.25. The van der Waals surface area contributed by atoms with Crippen LogP contribution in [0.2, 0.25) is 0 Å². The van der Waals surface area contributed by atoms with Crippen LogP contribution >= 0.6 is 0 Å². The van der Waals surface area contributed by atoms with Gasteiger partial charge in [-0.2, -0.15) is 0 Å². The van der Waals surface area contributed by atoms with Gasteiger partial charge in [-0.05, 0) is 37.2 Å². The summed E-state index contributed by atoms with van der Waals surface area (Å²) >= 11 is 0. The van der Waals surface area contributed by atoms with Gasteiger partial charge >= 0.3 is 5.97 Å². The van der Waals surface area contributed by atoms with Gasteiger partial charge in [0.1, 0.15) is 0 Å². The molecule has 98 valence electrons. The van der Waals surface area contributed by atoms with Crippen molar-refractivity contribution in [2.24, 2.45) is 0 Å². The molecule has 1 fully saturated rings. The Balaban J connectivity index is 2.03. The number of piperazine rings is 1. The second-order valence-corrected chi connectivity index (χ2v) is 5.03. The highest BCUT2D eigenvalue weighted by Crippen LogP contribution is 2.14.